The van der Waals surface area contributed by atoms with Gasteiger partial charge in [0.2, 0.25) is 0 Å². The Bertz CT molecular complexity index is 1060. The van der Waals surface area contributed by atoms with Crippen LogP contribution in [0.25, 0.3) is 21.5 Å². The molecular formula is C26H26O2S. The topological polar surface area (TPSA) is 40.5 Å². The van der Waals surface area contributed by atoms with E-state index in [9.17, 15) is 10.2 Å². The average molecular weight is 403 g/mol. The van der Waals surface area contributed by atoms with Crippen LogP contribution in [0.3, 0.4) is 0 Å². The van der Waals surface area contributed by atoms with Crippen LogP contribution in [0.5, 0.6) is 0 Å². The molecule has 4 aromatic carbocycles. The first-order chi connectivity index (χ1) is 14.1. The van der Waals surface area contributed by atoms with Crippen molar-refractivity contribution in [3.8, 4) is 0 Å². The largest absolute Gasteiger partial charge is 0.388 e. The molecule has 2 unspecified atom stereocenters. The molecule has 2 N–H and O–H groups in total. The SMILES string of the molecule is CCC(O)c1cc(Sc2cc(C(O)CC)cc3ccccc23)c2ccccc2c1. The van der Waals surface area contributed by atoms with Gasteiger partial charge in [0.15, 0.2) is 0 Å². The van der Waals surface area contributed by atoms with Crippen LogP contribution in [0.1, 0.15) is 50.0 Å². The standard InChI is InChI=1S/C26H26O2S/c1-3-23(27)19-13-17-9-5-7-11-21(17)25(15-19)29-26-16-20(24(28)4-2)14-18-10-6-8-12-22(18)26/h5-16,23-24,27-28H,3-4H2,1-2H3. The third kappa shape index (κ3) is 4.04. The first-order valence-corrected chi connectivity index (χ1v) is 11.0. The third-order valence-corrected chi connectivity index (χ3v) is 6.57. The van der Waals surface area contributed by atoms with Gasteiger partial charge in [-0.25, -0.2) is 0 Å². The summed E-state index contributed by atoms with van der Waals surface area (Å²) >= 11 is 1.71. The smallest absolute Gasteiger partial charge is 0.0788 e. The van der Waals surface area contributed by atoms with Gasteiger partial charge < -0.3 is 10.2 Å². The van der Waals surface area contributed by atoms with Crippen LogP contribution >= 0.6 is 11.8 Å². The lowest BCUT2D eigenvalue weighted by Gasteiger charge is -2.16. The molecule has 0 aromatic heterocycles. The fourth-order valence-electron chi connectivity index (χ4n) is 3.74. The highest BCUT2D eigenvalue weighted by Gasteiger charge is 2.14. The van der Waals surface area contributed by atoms with E-state index in [2.05, 4.69) is 60.7 Å². The first-order valence-electron chi connectivity index (χ1n) is 10.2. The van der Waals surface area contributed by atoms with Crippen LogP contribution in [0, 0.1) is 0 Å². The van der Waals surface area contributed by atoms with Crippen molar-refractivity contribution in [3.63, 3.8) is 0 Å². The maximum absolute atomic E-state index is 10.5. The minimum atomic E-state index is -0.469. The van der Waals surface area contributed by atoms with Crippen LogP contribution in [0.2, 0.25) is 0 Å². The molecule has 0 radical (unpaired) electrons. The molecule has 0 aliphatic rings. The second-order valence-corrected chi connectivity index (χ2v) is 8.51. The van der Waals surface area contributed by atoms with E-state index >= 15 is 0 Å². The minimum Gasteiger partial charge on any atom is -0.388 e. The monoisotopic (exact) mass is 402 g/mol. The highest BCUT2D eigenvalue weighted by Crippen LogP contribution is 2.40. The Balaban J connectivity index is 1.89. The molecule has 0 fully saturated rings. The van der Waals surface area contributed by atoms with Gasteiger partial charge in [0.25, 0.3) is 0 Å². The lowest BCUT2D eigenvalue weighted by molar-refractivity contribution is 0.173. The van der Waals surface area contributed by atoms with Gasteiger partial charge in [-0.15, -0.1) is 0 Å². The van der Waals surface area contributed by atoms with Crippen LogP contribution in [0.4, 0.5) is 0 Å². The van der Waals surface area contributed by atoms with Crippen LogP contribution in [-0.4, -0.2) is 10.2 Å². The summed E-state index contributed by atoms with van der Waals surface area (Å²) in [7, 11) is 0. The van der Waals surface area contributed by atoms with Gasteiger partial charge in [-0.3, -0.25) is 0 Å². The van der Waals surface area contributed by atoms with E-state index < -0.39 is 12.2 Å². The Morgan fingerprint density at radius 3 is 1.48 bits per heavy atom. The Kier molecular flexibility index (Phi) is 5.91. The van der Waals surface area contributed by atoms with E-state index in [4.69, 9.17) is 0 Å². The predicted molar refractivity (Wildman–Crippen MR) is 123 cm³/mol. The number of rotatable bonds is 6. The summed E-state index contributed by atoms with van der Waals surface area (Å²) < 4.78 is 0. The van der Waals surface area contributed by atoms with Gasteiger partial charge in [-0.2, -0.15) is 0 Å². The summed E-state index contributed by atoms with van der Waals surface area (Å²) in [5, 5.41) is 25.5. The number of hydrogen-bond donors (Lipinski definition) is 2. The lowest BCUT2D eigenvalue weighted by atomic mass is 10.0. The fourth-order valence-corrected chi connectivity index (χ4v) is 4.96. The molecule has 0 aliphatic carbocycles. The van der Waals surface area contributed by atoms with Crippen LogP contribution in [0.15, 0.2) is 82.6 Å². The zero-order valence-electron chi connectivity index (χ0n) is 16.8. The second-order valence-electron chi connectivity index (χ2n) is 7.43. The number of aliphatic hydroxyl groups is 2. The maximum Gasteiger partial charge on any atom is 0.0788 e. The van der Waals surface area contributed by atoms with Gasteiger partial charge >= 0.3 is 0 Å². The molecular weight excluding hydrogens is 376 g/mol. The zero-order chi connectivity index (χ0) is 20.4. The molecule has 0 heterocycles. The summed E-state index contributed by atoms with van der Waals surface area (Å²) in [5.74, 6) is 0. The van der Waals surface area contributed by atoms with E-state index in [1.807, 2.05) is 26.0 Å². The van der Waals surface area contributed by atoms with Crippen molar-refractivity contribution in [2.24, 2.45) is 0 Å². The van der Waals surface area contributed by atoms with E-state index in [0.29, 0.717) is 12.8 Å². The maximum atomic E-state index is 10.5. The average Bonchev–Trinajstić information content (AvgIpc) is 2.77. The highest BCUT2D eigenvalue weighted by atomic mass is 32.2. The Morgan fingerprint density at radius 1 is 0.655 bits per heavy atom. The summed E-state index contributed by atoms with van der Waals surface area (Å²) in [6.45, 7) is 3.99. The van der Waals surface area contributed by atoms with Gasteiger partial charge in [0.1, 0.15) is 0 Å². The summed E-state index contributed by atoms with van der Waals surface area (Å²) in [4.78, 5) is 2.25. The van der Waals surface area contributed by atoms with Crippen molar-refractivity contribution in [3.05, 3.63) is 83.9 Å². The molecule has 2 atom stereocenters. The van der Waals surface area contributed by atoms with Crippen molar-refractivity contribution in [1.29, 1.82) is 0 Å². The molecule has 0 saturated carbocycles. The van der Waals surface area contributed by atoms with Crippen molar-refractivity contribution in [2.75, 3.05) is 0 Å². The van der Waals surface area contributed by atoms with Crippen molar-refractivity contribution >= 4 is 33.3 Å². The van der Waals surface area contributed by atoms with Gasteiger partial charge in [0, 0.05) is 9.79 Å². The zero-order valence-corrected chi connectivity index (χ0v) is 17.6. The summed E-state index contributed by atoms with van der Waals surface area (Å²) in [5.41, 5.74) is 1.89. The lowest BCUT2D eigenvalue weighted by Crippen LogP contribution is -1.97. The molecule has 2 nitrogen and oxygen atoms in total. The molecule has 3 heteroatoms. The minimum absolute atomic E-state index is 0.469. The second kappa shape index (κ2) is 8.58. The molecule has 0 spiro atoms. The molecule has 4 rings (SSSR count). The third-order valence-electron chi connectivity index (χ3n) is 5.46. The Hall–Kier alpha value is -2.33. The molecule has 0 bridgehead atoms. The van der Waals surface area contributed by atoms with Crippen molar-refractivity contribution in [2.45, 2.75) is 48.7 Å². The molecule has 148 valence electrons. The van der Waals surface area contributed by atoms with Crippen LogP contribution < -0.4 is 0 Å². The van der Waals surface area contributed by atoms with E-state index in [1.54, 1.807) is 11.8 Å². The Morgan fingerprint density at radius 2 is 1.07 bits per heavy atom. The van der Waals surface area contributed by atoms with E-state index in [1.165, 1.54) is 10.8 Å². The van der Waals surface area contributed by atoms with Gasteiger partial charge in [-0.1, -0.05) is 74.1 Å². The molecule has 29 heavy (non-hydrogen) atoms. The molecule has 0 amide bonds. The predicted octanol–water partition coefficient (Wildman–Crippen LogP) is 7.03. The Labute approximate surface area is 176 Å². The normalized spacial score (nSPS) is 13.7. The summed E-state index contributed by atoms with van der Waals surface area (Å²) in [6, 6.07) is 25.0. The van der Waals surface area contributed by atoms with Crippen molar-refractivity contribution < 1.29 is 10.2 Å². The molecule has 0 saturated heterocycles. The van der Waals surface area contributed by atoms with E-state index in [-0.39, 0.29) is 0 Å². The first kappa shape index (κ1) is 20.0. The number of fused-ring (bicyclic) bond motifs is 2. The van der Waals surface area contributed by atoms with Crippen LogP contribution in [-0.2, 0) is 0 Å². The molecule has 4 aromatic rings. The number of aliphatic hydroxyl groups excluding tert-OH is 2. The fraction of sp³-hybridized carbons (Fsp3) is 0.231. The van der Waals surface area contributed by atoms with Crippen molar-refractivity contribution in [1.82, 2.24) is 0 Å². The number of benzene rings is 4. The molecule has 0 aliphatic heterocycles. The summed E-state index contributed by atoms with van der Waals surface area (Å²) in [6.07, 6.45) is 0.431. The van der Waals surface area contributed by atoms with Gasteiger partial charge in [0.05, 0.1) is 12.2 Å². The number of hydrogen-bond acceptors (Lipinski definition) is 3. The van der Waals surface area contributed by atoms with Gasteiger partial charge in [-0.05, 0) is 69.8 Å². The highest BCUT2D eigenvalue weighted by molar-refractivity contribution is 7.99. The van der Waals surface area contributed by atoms with E-state index in [0.717, 1.165) is 31.7 Å². The quantitative estimate of drug-likeness (QED) is 0.364.